The Kier molecular flexibility index (Phi) is 3.17. The smallest absolute Gasteiger partial charge is 0.277 e. The fourth-order valence-electron chi connectivity index (χ4n) is 1.98. The number of hydrogen-bond acceptors (Lipinski definition) is 3. The maximum atomic E-state index is 12.6. The number of aromatic nitrogens is 4. The molecular weight excluding hydrogens is 281 g/mol. The molecule has 3 rings (SSSR count). The van der Waals surface area contributed by atoms with Crippen molar-refractivity contribution >= 4 is 0 Å². The molecule has 4 nitrogen and oxygen atoms in total. The Bertz CT molecular complexity index is 733. The summed E-state index contributed by atoms with van der Waals surface area (Å²) in [7, 11) is 0. The van der Waals surface area contributed by atoms with Gasteiger partial charge in [0.25, 0.3) is 0 Å². The van der Waals surface area contributed by atoms with Crippen molar-refractivity contribution in [3.05, 3.63) is 54.6 Å². The van der Waals surface area contributed by atoms with Gasteiger partial charge < -0.3 is 0 Å². The molecule has 0 bridgehead atoms. The highest BCUT2D eigenvalue weighted by molar-refractivity contribution is 5.78. The van der Waals surface area contributed by atoms with Crippen LogP contribution < -0.4 is 0 Å². The molecule has 106 valence electrons. The van der Waals surface area contributed by atoms with Gasteiger partial charge in [0.05, 0.1) is 23.1 Å². The summed E-state index contributed by atoms with van der Waals surface area (Å²) < 4.78 is 37.7. The molecule has 0 amide bonds. The first-order valence-corrected chi connectivity index (χ1v) is 6.03. The molecule has 0 fully saturated rings. The van der Waals surface area contributed by atoms with E-state index >= 15 is 0 Å². The van der Waals surface area contributed by atoms with Gasteiger partial charge in [-0.1, -0.05) is 12.1 Å². The minimum absolute atomic E-state index is 0.606. The van der Waals surface area contributed by atoms with Crippen LogP contribution in [-0.2, 0) is 6.18 Å². The van der Waals surface area contributed by atoms with Crippen molar-refractivity contribution in [2.24, 2.45) is 0 Å². The van der Waals surface area contributed by atoms with Gasteiger partial charge in [-0.3, -0.25) is 5.10 Å². The van der Waals surface area contributed by atoms with E-state index in [1.165, 1.54) is 18.5 Å². The lowest BCUT2D eigenvalue weighted by Crippen LogP contribution is -2.04. The Labute approximate surface area is 117 Å². The van der Waals surface area contributed by atoms with Crippen LogP contribution in [-0.4, -0.2) is 20.2 Å². The molecular formula is C14H9F3N4. The maximum Gasteiger partial charge on any atom is 0.416 e. The number of aromatic amines is 1. The minimum Gasteiger partial charge on any atom is -0.277 e. The van der Waals surface area contributed by atoms with E-state index in [9.17, 15) is 13.2 Å². The summed E-state index contributed by atoms with van der Waals surface area (Å²) in [6.07, 6.45) is 0.224. The van der Waals surface area contributed by atoms with Crippen molar-refractivity contribution in [1.29, 1.82) is 0 Å². The lowest BCUT2D eigenvalue weighted by atomic mass is 10.0. The molecule has 1 N–H and O–H groups in total. The summed E-state index contributed by atoms with van der Waals surface area (Å²) in [4.78, 5) is 7.94. The number of benzene rings is 1. The topological polar surface area (TPSA) is 54.5 Å². The molecule has 0 aliphatic rings. The lowest BCUT2D eigenvalue weighted by molar-refractivity contribution is -0.137. The predicted octanol–water partition coefficient (Wildman–Crippen LogP) is 3.55. The molecule has 0 radical (unpaired) electrons. The van der Waals surface area contributed by atoms with Gasteiger partial charge in [-0.05, 0) is 18.2 Å². The van der Waals surface area contributed by atoms with Crippen LogP contribution in [0.4, 0.5) is 13.2 Å². The Morgan fingerprint density at radius 1 is 1.00 bits per heavy atom. The average Bonchev–Trinajstić information content (AvgIpc) is 2.97. The lowest BCUT2D eigenvalue weighted by Gasteiger charge is -2.07. The van der Waals surface area contributed by atoms with Gasteiger partial charge in [-0.15, -0.1) is 0 Å². The molecule has 3 aromatic rings. The molecule has 0 saturated heterocycles. The van der Waals surface area contributed by atoms with Crippen molar-refractivity contribution < 1.29 is 13.2 Å². The molecule has 0 spiro atoms. The van der Waals surface area contributed by atoms with Crippen molar-refractivity contribution in [3.63, 3.8) is 0 Å². The van der Waals surface area contributed by atoms with E-state index in [4.69, 9.17) is 0 Å². The van der Waals surface area contributed by atoms with Crippen LogP contribution >= 0.6 is 0 Å². The zero-order valence-electron chi connectivity index (χ0n) is 10.6. The van der Waals surface area contributed by atoms with Crippen molar-refractivity contribution in [2.75, 3.05) is 0 Å². The number of alkyl halides is 3. The van der Waals surface area contributed by atoms with E-state index in [1.54, 1.807) is 18.5 Å². The monoisotopic (exact) mass is 290 g/mol. The molecule has 7 heteroatoms. The molecule has 1 aromatic carbocycles. The van der Waals surface area contributed by atoms with Gasteiger partial charge >= 0.3 is 6.18 Å². The molecule has 21 heavy (non-hydrogen) atoms. The first-order chi connectivity index (χ1) is 10.1. The molecule has 2 aromatic heterocycles. The number of nitrogens with zero attached hydrogens (tertiary/aromatic N) is 3. The summed E-state index contributed by atoms with van der Waals surface area (Å²) in [6, 6.07) is 6.60. The standard InChI is InChI=1S/C14H9F3N4/c15-14(16,17)10-3-1-9(2-4-10)13-11(7-20-21-13)12-5-6-18-8-19-12/h1-8H,(H,20,21). The maximum absolute atomic E-state index is 12.6. The number of halogens is 3. The average molecular weight is 290 g/mol. The molecule has 0 aliphatic carbocycles. The fraction of sp³-hybridized carbons (Fsp3) is 0.0714. The SMILES string of the molecule is FC(F)(F)c1ccc(-c2[nH]ncc2-c2ccncn2)cc1. The Morgan fingerprint density at radius 2 is 1.76 bits per heavy atom. The van der Waals surface area contributed by atoms with Crippen molar-refractivity contribution in [3.8, 4) is 22.5 Å². The minimum atomic E-state index is -4.35. The third kappa shape index (κ3) is 2.62. The number of nitrogens with one attached hydrogen (secondary N) is 1. The molecule has 0 unspecified atom stereocenters. The van der Waals surface area contributed by atoms with Crippen LogP contribution in [0.5, 0.6) is 0 Å². The second-order valence-electron chi connectivity index (χ2n) is 4.33. The first kappa shape index (κ1) is 13.3. The Morgan fingerprint density at radius 3 is 2.38 bits per heavy atom. The summed E-state index contributed by atoms with van der Waals surface area (Å²) in [5, 5.41) is 6.73. The van der Waals surface area contributed by atoms with E-state index in [0.717, 1.165) is 12.1 Å². The summed E-state index contributed by atoms with van der Waals surface area (Å²) >= 11 is 0. The van der Waals surface area contributed by atoms with Crippen LogP contribution in [0.15, 0.2) is 49.1 Å². The van der Waals surface area contributed by atoms with Crippen LogP contribution in [0, 0.1) is 0 Å². The van der Waals surface area contributed by atoms with Crippen LogP contribution in [0.25, 0.3) is 22.5 Å². The van der Waals surface area contributed by atoms with E-state index in [0.29, 0.717) is 22.5 Å². The zero-order valence-corrected chi connectivity index (χ0v) is 10.6. The largest absolute Gasteiger partial charge is 0.416 e. The van der Waals surface area contributed by atoms with E-state index < -0.39 is 11.7 Å². The Hall–Kier alpha value is -2.70. The quantitative estimate of drug-likeness (QED) is 0.785. The third-order valence-electron chi connectivity index (χ3n) is 3.00. The van der Waals surface area contributed by atoms with Gasteiger partial charge in [0.1, 0.15) is 6.33 Å². The zero-order chi connectivity index (χ0) is 14.9. The number of H-pyrrole nitrogens is 1. The van der Waals surface area contributed by atoms with Crippen LogP contribution in [0.2, 0.25) is 0 Å². The summed E-state index contributed by atoms with van der Waals surface area (Å²) in [5.41, 5.74) is 1.89. The molecule has 2 heterocycles. The number of rotatable bonds is 2. The van der Waals surface area contributed by atoms with Crippen LogP contribution in [0.1, 0.15) is 5.56 Å². The Balaban J connectivity index is 2.01. The molecule has 0 saturated carbocycles. The number of hydrogen-bond donors (Lipinski definition) is 1. The van der Waals surface area contributed by atoms with Gasteiger partial charge in [-0.2, -0.15) is 18.3 Å². The molecule has 0 atom stereocenters. The predicted molar refractivity (Wildman–Crippen MR) is 70.1 cm³/mol. The van der Waals surface area contributed by atoms with Crippen LogP contribution in [0.3, 0.4) is 0 Å². The van der Waals surface area contributed by atoms with E-state index in [1.807, 2.05) is 0 Å². The molecule has 0 aliphatic heterocycles. The first-order valence-electron chi connectivity index (χ1n) is 6.03. The van der Waals surface area contributed by atoms with Crippen molar-refractivity contribution in [1.82, 2.24) is 20.2 Å². The normalized spacial score (nSPS) is 11.6. The second kappa shape index (κ2) is 5.01. The van der Waals surface area contributed by atoms with Crippen molar-refractivity contribution in [2.45, 2.75) is 6.18 Å². The highest BCUT2D eigenvalue weighted by atomic mass is 19.4. The fourth-order valence-corrected chi connectivity index (χ4v) is 1.98. The summed E-state index contributed by atoms with van der Waals surface area (Å²) in [6.45, 7) is 0. The van der Waals surface area contributed by atoms with Gasteiger partial charge in [-0.25, -0.2) is 9.97 Å². The van der Waals surface area contributed by atoms with E-state index in [-0.39, 0.29) is 0 Å². The van der Waals surface area contributed by atoms with Gasteiger partial charge in [0.2, 0.25) is 0 Å². The van der Waals surface area contributed by atoms with Gasteiger partial charge in [0, 0.05) is 17.3 Å². The second-order valence-corrected chi connectivity index (χ2v) is 4.33. The highest BCUT2D eigenvalue weighted by Gasteiger charge is 2.30. The van der Waals surface area contributed by atoms with E-state index in [2.05, 4.69) is 20.2 Å². The highest BCUT2D eigenvalue weighted by Crippen LogP contribution is 2.33. The third-order valence-corrected chi connectivity index (χ3v) is 3.00. The summed E-state index contributed by atoms with van der Waals surface area (Å²) in [5.74, 6) is 0. The van der Waals surface area contributed by atoms with Gasteiger partial charge in [0.15, 0.2) is 0 Å².